The van der Waals surface area contributed by atoms with E-state index in [1.54, 1.807) is 0 Å². The van der Waals surface area contributed by atoms with E-state index in [1.165, 1.54) is 13.1 Å². The maximum Gasteiger partial charge on any atom is 0.490 e. The SMILES string of the molecule is Cc1cn([C@H]2O[C@@H](COP(=O)(O)OP(=O)(O)OP(=O)(O)O)[C@@H](O)C2O)c(=S)[nH]c1=O. The summed E-state index contributed by atoms with van der Waals surface area (Å²) in [6.45, 7) is 0.461. The number of aromatic amines is 1. The lowest BCUT2D eigenvalue weighted by Gasteiger charge is -2.19. The summed E-state index contributed by atoms with van der Waals surface area (Å²) in [5.41, 5.74) is -0.293. The number of nitrogens with zero attached hydrogens (tertiary/aromatic N) is 1. The van der Waals surface area contributed by atoms with Gasteiger partial charge in [0, 0.05) is 11.8 Å². The number of aliphatic hydroxyl groups excluding tert-OH is 2. The third kappa shape index (κ3) is 6.69. The van der Waals surface area contributed by atoms with Crippen LogP contribution in [0.5, 0.6) is 0 Å². The third-order valence-electron chi connectivity index (χ3n) is 3.58. The molecule has 3 unspecified atom stereocenters. The van der Waals surface area contributed by atoms with Crippen molar-refractivity contribution in [3.05, 3.63) is 26.9 Å². The van der Waals surface area contributed by atoms with Gasteiger partial charge in [-0.05, 0) is 19.1 Å². The summed E-state index contributed by atoms with van der Waals surface area (Å²) in [6, 6.07) is 0. The molecule has 2 heterocycles. The molecule has 20 heteroatoms. The van der Waals surface area contributed by atoms with E-state index < -0.39 is 60.2 Å². The minimum absolute atomic E-state index is 0.157. The van der Waals surface area contributed by atoms with Crippen LogP contribution >= 0.6 is 35.7 Å². The number of ether oxygens (including phenoxy) is 1. The molecule has 1 aromatic rings. The van der Waals surface area contributed by atoms with Gasteiger partial charge < -0.3 is 34.5 Å². The Balaban J connectivity index is 2.09. The van der Waals surface area contributed by atoms with E-state index in [4.69, 9.17) is 31.6 Å². The molecule has 2 rings (SSSR count). The molecule has 0 spiro atoms. The molecule has 0 aromatic carbocycles. The summed E-state index contributed by atoms with van der Waals surface area (Å²) in [4.78, 5) is 49.3. The number of aliphatic hydroxyl groups is 2. The second kappa shape index (κ2) is 9.10. The van der Waals surface area contributed by atoms with Gasteiger partial charge in [-0.25, -0.2) is 13.7 Å². The van der Waals surface area contributed by atoms with Crippen molar-refractivity contribution in [1.29, 1.82) is 0 Å². The van der Waals surface area contributed by atoms with Crippen LogP contribution in [0.25, 0.3) is 0 Å². The molecule has 0 saturated carbocycles. The van der Waals surface area contributed by atoms with Crippen LogP contribution in [0.4, 0.5) is 0 Å². The molecular formula is C10H17N2O14P3S. The van der Waals surface area contributed by atoms with E-state index in [1.807, 2.05) is 0 Å². The summed E-state index contributed by atoms with van der Waals surface area (Å²) >= 11 is 4.96. The number of phosphoric acid groups is 3. The van der Waals surface area contributed by atoms with Crippen molar-refractivity contribution < 1.29 is 61.4 Å². The van der Waals surface area contributed by atoms with Crippen LogP contribution in [0.1, 0.15) is 11.8 Å². The Labute approximate surface area is 172 Å². The Morgan fingerprint density at radius 1 is 1.13 bits per heavy atom. The normalized spacial score (nSPS) is 28.8. The van der Waals surface area contributed by atoms with E-state index in [2.05, 4.69) is 18.1 Å². The lowest BCUT2D eigenvalue weighted by molar-refractivity contribution is -0.0534. The Morgan fingerprint density at radius 2 is 1.73 bits per heavy atom. The standard InChI is InChI=1S/C10H17N2O14P3S/c1-4-2-12(10(30)11-8(4)15)9-7(14)6(13)5(24-9)3-23-28(19,20)26-29(21,22)25-27(16,17)18/h2,5-7,9,13-14H,3H2,1H3,(H,19,20)(H,21,22)(H,11,15,30)(H2,16,17,18)/t5-,6+,7?,9-/m0/s1. The molecule has 0 bridgehead atoms. The number of H-pyrrole nitrogens is 1. The number of hydrogen-bond donors (Lipinski definition) is 7. The predicted molar refractivity (Wildman–Crippen MR) is 96.4 cm³/mol. The van der Waals surface area contributed by atoms with Crippen LogP contribution < -0.4 is 5.56 Å². The molecule has 1 aliphatic rings. The molecule has 1 fully saturated rings. The lowest BCUT2D eigenvalue weighted by Crippen LogP contribution is -2.34. The Bertz CT molecular complexity index is 1050. The molecule has 1 saturated heterocycles. The zero-order valence-corrected chi connectivity index (χ0v) is 18.2. The fourth-order valence-corrected chi connectivity index (χ4v) is 5.62. The van der Waals surface area contributed by atoms with Gasteiger partial charge in [0.2, 0.25) is 0 Å². The highest BCUT2D eigenvalue weighted by molar-refractivity contribution is 7.71. The number of nitrogens with one attached hydrogen (secondary N) is 1. The Kier molecular flexibility index (Phi) is 7.78. The lowest BCUT2D eigenvalue weighted by atomic mass is 10.1. The van der Waals surface area contributed by atoms with Crippen LogP contribution in [0.2, 0.25) is 0 Å². The van der Waals surface area contributed by atoms with Gasteiger partial charge in [-0.2, -0.15) is 8.62 Å². The van der Waals surface area contributed by atoms with Crippen molar-refractivity contribution in [2.75, 3.05) is 6.61 Å². The second-order valence-corrected chi connectivity index (χ2v) is 10.7. The van der Waals surface area contributed by atoms with E-state index in [0.717, 1.165) is 4.57 Å². The van der Waals surface area contributed by atoms with Crippen molar-refractivity contribution in [2.24, 2.45) is 0 Å². The number of aromatic nitrogens is 2. The van der Waals surface area contributed by atoms with Crippen molar-refractivity contribution in [3.63, 3.8) is 0 Å². The number of aryl methyl sites for hydroxylation is 1. The monoisotopic (exact) mass is 514 g/mol. The minimum Gasteiger partial charge on any atom is -0.387 e. The van der Waals surface area contributed by atoms with Crippen LogP contribution in [0.3, 0.4) is 0 Å². The molecule has 30 heavy (non-hydrogen) atoms. The average molecular weight is 514 g/mol. The average Bonchev–Trinajstić information content (AvgIpc) is 2.81. The minimum atomic E-state index is -5.71. The van der Waals surface area contributed by atoms with Gasteiger partial charge in [0.05, 0.1) is 6.61 Å². The fraction of sp³-hybridized carbons (Fsp3) is 0.600. The molecule has 0 aliphatic carbocycles. The summed E-state index contributed by atoms with van der Waals surface area (Å²) in [6.07, 6.45) is -4.90. The third-order valence-corrected chi connectivity index (χ3v) is 7.69. The van der Waals surface area contributed by atoms with Crippen LogP contribution in [-0.4, -0.2) is 64.3 Å². The number of hydrogen-bond acceptors (Lipinski definition) is 11. The Hall–Kier alpha value is -0.610. The molecule has 1 aliphatic heterocycles. The molecular weight excluding hydrogens is 497 g/mol. The van der Waals surface area contributed by atoms with Gasteiger partial charge in [0.25, 0.3) is 5.56 Å². The maximum atomic E-state index is 11.7. The van der Waals surface area contributed by atoms with Crippen LogP contribution in [-0.2, 0) is 31.6 Å². The van der Waals surface area contributed by atoms with Crippen LogP contribution in [0.15, 0.2) is 11.0 Å². The van der Waals surface area contributed by atoms with Gasteiger partial charge in [-0.3, -0.25) is 18.9 Å². The highest BCUT2D eigenvalue weighted by atomic mass is 32.1. The van der Waals surface area contributed by atoms with Crippen molar-refractivity contribution in [1.82, 2.24) is 9.55 Å². The molecule has 172 valence electrons. The van der Waals surface area contributed by atoms with Gasteiger partial charge in [0.15, 0.2) is 11.0 Å². The van der Waals surface area contributed by atoms with E-state index in [9.17, 15) is 33.6 Å². The van der Waals surface area contributed by atoms with Crippen molar-refractivity contribution in [2.45, 2.75) is 31.5 Å². The smallest absolute Gasteiger partial charge is 0.387 e. The molecule has 7 N–H and O–H groups in total. The van der Waals surface area contributed by atoms with Crippen LogP contribution in [0, 0.1) is 11.7 Å². The zero-order valence-electron chi connectivity index (χ0n) is 14.7. The van der Waals surface area contributed by atoms with E-state index >= 15 is 0 Å². The first-order chi connectivity index (χ1) is 13.5. The summed E-state index contributed by atoms with van der Waals surface area (Å²) < 4.78 is 51.3. The predicted octanol–water partition coefficient (Wildman–Crippen LogP) is -0.823. The van der Waals surface area contributed by atoms with E-state index in [0.29, 0.717) is 0 Å². The molecule has 1 aromatic heterocycles. The molecule has 0 radical (unpaired) electrons. The number of phosphoric ester groups is 1. The fourth-order valence-electron chi connectivity index (χ4n) is 2.34. The van der Waals surface area contributed by atoms with E-state index in [-0.39, 0.29) is 10.3 Å². The summed E-state index contributed by atoms with van der Waals surface area (Å²) in [5.74, 6) is 0. The first-order valence-corrected chi connectivity index (χ1v) is 12.6. The highest BCUT2D eigenvalue weighted by Gasteiger charge is 2.46. The second-order valence-electron chi connectivity index (χ2n) is 5.91. The maximum absolute atomic E-state index is 11.7. The molecule has 16 nitrogen and oxygen atoms in total. The van der Waals surface area contributed by atoms with Gasteiger partial charge >= 0.3 is 23.5 Å². The summed E-state index contributed by atoms with van der Waals surface area (Å²) in [5, 5.41) is 20.2. The quantitative estimate of drug-likeness (QED) is 0.165. The van der Waals surface area contributed by atoms with Gasteiger partial charge in [-0.1, -0.05) is 0 Å². The Morgan fingerprint density at radius 3 is 2.30 bits per heavy atom. The largest absolute Gasteiger partial charge is 0.490 e. The first-order valence-electron chi connectivity index (χ1n) is 7.63. The zero-order chi connectivity index (χ0) is 23.1. The molecule has 0 amide bonds. The van der Waals surface area contributed by atoms with Gasteiger partial charge in [-0.15, -0.1) is 0 Å². The van der Waals surface area contributed by atoms with Crippen molar-refractivity contribution >= 4 is 35.7 Å². The van der Waals surface area contributed by atoms with Gasteiger partial charge in [0.1, 0.15) is 18.3 Å². The topological polar surface area (TPSA) is 247 Å². The first kappa shape index (κ1) is 25.6. The van der Waals surface area contributed by atoms with Crippen molar-refractivity contribution in [3.8, 4) is 0 Å². The summed E-state index contributed by atoms with van der Waals surface area (Å²) in [7, 11) is -16.7. The number of rotatable bonds is 8. The molecule has 6 atom stereocenters. The highest BCUT2D eigenvalue weighted by Crippen LogP contribution is 2.66.